The number of halogens is 3. The number of nitrogens with two attached hydrogens (primary N) is 1. The molecule has 150 valence electrons. The molecule has 0 unspecified atom stereocenters. The summed E-state index contributed by atoms with van der Waals surface area (Å²) in [6.45, 7) is -0.00918. The van der Waals surface area contributed by atoms with Crippen LogP contribution in [0.15, 0.2) is 47.9 Å². The van der Waals surface area contributed by atoms with Crippen LogP contribution in [0, 0.1) is 11.6 Å². The maximum absolute atomic E-state index is 14.6. The first kappa shape index (κ1) is 18.2. The van der Waals surface area contributed by atoms with Gasteiger partial charge in [-0.25, -0.2) is 28.2 Å². The number of hydrogen-bond acceptors (Lipinski definition) is 6. The number of fused-ring (bicyclic) bond motifs is 2. The largest absolute Gasteiger partial charge is 0.382 e. The van der Waals surface area contributed by atoms with Crippen LogP contribution in [0.1, 0.15) is 5.82 Å². The van der Waals surface area contributed by atoms with E-state index >= 15 is 0 Å². The third-order valence-electron chi connectivity index (χ3n) is 4.60. The molecule has 4 aromatic heterocycles. The van der Waals surface area contributed by atoms with Gasteiger partial charge in [-0.05, 0) is 18.2 Å². The van der Waals surface area contributed by atoms with Gasteiger partial charge in [0.2, 0.25) is 0 Å². The first-order chi connectivity index (χ1) is 14.4. The maximum atomic E-state index is 14.6. The lowest BCUT2D eigenvalue weighted by atomic mass is 10.2. The molecule has 0 amide bonds. The Bertz CT molecular complexity index is 1510. The first-order valence-electron chi connectivity index (χ1n) is 8.59. The number of imidazole rings is 1. The van der Waals surface area contributed by atoms with E-state index in [0.717, 1.165) is 16.7 Å². The van der Waals surface area contributed by atoms with Crippen molar-refractivity contribution in [1.82, 2.24) is 33.7 Å². The molecule has 5 aromatic rings. The van der Waals surface area contributed by atoms with Crippen molar-refractivity contribution >= 4 is 34.1 Å². The summed E-state index contributed by atoms with van der Waals surface area (Å²) in [7, 11) is 0. The average molecular weight is 429 g/mol. The molecule has 0 bridgehead atoms. The number of nitrogens with zero attached hydrogens (tertiary/aromatic N) is 7. The van der Waals surface area contributed by atoms with Gasteiger partial charge in [0.05, 0.1) is 23.6 Å². The minimum atomic E-state index is -0.922. The van der Waals surface area contributed by atoms with E-state index in [0.29, 0.717) is 17.2 Å². The van der Waals surface area contributed by atoms with Crippen LogP contribution in [-0.4, -0.2) is 33.7 Å². The van der Waals surface area contributed by atoms with Crippen molar-refractivity contribution in [1.29, 1.82) is 0 Å². The molecule has 0 aliphatic rings. The average Bonchev–Trinajstić information content (AvgIpc) is 3.28. The zero-order chi connectivity index (χ0) is 21.0. The van der Waals surface area contributed by atoms with E-state index in [4.69, 9.17) is 17.3 Å². The van der Waals surface area contributed by atoms with Crippen LogP contribution < -0.4 is 11.3 Å². The number of anilines is 1. The minimum Gasteiger partial charge on any atom is -0.382 e. The monoisotopic (exact) mass is 428 g/mol. The van der Waals surface area contributed by atoms with Gasteiger partial charge in [0, 0.05) is 12.3 Å². The van der Waals surface area contributed by atoms with Crippen LogP contribution in [-0.2, 0) is 6.54 Å². The summed E-state index contributed by atoms with van der Waals surface area (Å²) in [5.41, 5.74) is 5.89. The maximum Gasteiger partial charge on any atom is 0.284 e. The lowest BCUT2D eigenvalue weighted by Crippen LogP contribution is -2.28. The fourth-order valence-electron chi connectivity index (χ4n) is 3.25. The van der Waals surface area contributed by atoms with Crippen molar-refractivity contribution in [2.45, 2.75) is 6.54 Å². The van der Waals surface area contributed by atoms with Gasteiger partial charge in [-0.3, -0.25) is 9.36 Å². The number of aromatic nitrogens is 7. The Labute approximate surface area is 171 Å². The topological polar surface area (TPSA) is 109 Å². The molecular formula is C18H11ClF2N8O. The summed E-state index contributed by atoms with van der Waals surface area (Å²) in [6, 6.07) is 4.41. The van der Waals surface area contributed by atoms with Crippen LogP contribution in [0.25, 0.3) is 22.4 Å². The van der Waals surface area contributed by atoms with Crippen LogP contribution in [0.4, 0.5) is 14.6 Å². The van der Waals surface area contributed by atoms with Gasteiger partial charge in [0.15, 0.2) is 17.3 Å². The third kappa shape index (κ3) is 2.70. The van der Waals surface area contributed by atoms with E-state index in [1.54, 1.807) is 4.57 Å². The summed E-state index contributed by atoms with van der Waals surface area (Å²) in [5, 5.41) is 4.57. The lowest BCUT2D eigenvalue weighted by molar-refractivity contribution is 0.569. The molecule has 4 heterocycles. The Morgan fingerprint density at radius 1 is 1.13 bits per heavy atom. The molecule has 0 saturated carbocycles. The quantitative estimate of drug-likeness (QED) is 0.472. The Morgan fingerprint density at radius 3 is 2.77 bits per heavy atom. The highest BCUT2D eigenvalue weighted by molar-refractivity contribution is 6.33. The van der Waals surface area contributed by atoms with Crippen molar-refractivity contribution < 1.29 is 8.78 Å². The van der Waals surface area contributed by atoms with Gasteiger partial charge in [-0.1, -0.05) is 11.6 Å². The first-order valence-corrected chi connectivity index (χ1v) is 8.97. The second kappa shape index (κ2) is 6.59. The normalized spacial score (nSPS) is 11.6. The van der Waals surface area contributed by atoms with E-state index in [1.165, 1.54) is 29.4 Å². The van der Waals surface area contributed by atoms with E-state index in [2.05, 4.69) is 20.1 Å². The van der Waals surface area contributed by atoms with E-state index < -0.39 is 17.2 Å². The Kier molecular flexibility index (Phi) is 4.00. The molecule has 0 atom stereocenters. The summed E-state index contributed by atoms with van der Waals surface area (Å²) in [6.07, 6.45) is 4.26. The SMILES string of the molecule is Nc1ncnc2c1ncn2Cc1nn2ccc(Cl)c2c(=O)n1-c1ccc(F)cc1F. The van der Waals surface area contributed by atoms with E-state index in [9.17, 15) is 13.6 Å². The minimum absolute atomic E-state index is 0.00918. The van der Waals surface area contributed by atoms with Crippen LogP contribution in [0.3, 0.4) is 0 Å². The molecule has 0 saturated heterocycles. The second-order valence-electron chi connectivity index (χ2n) is 6.41. The third-order valence-corrected chi connectivity index (χ3v) is 4.90. The number of rotatable bonds is 3. The van der Waals surface area contributed by atoms with Gasteiger partial charge in [0.1, 0.15) is 29.0 Å². The van der Waals surface area contributed by atoms with Gasteiger partial charge >= 0.3 is 0 Å². The van der Waals surface area contributed by atoms with Crippen LogP contribution in [0.2, 0.25) is 5.02 Å². The highest BCUT2D eigenvalue weighted by atomic mass is 35.5. The van der Waals surface area contributed by atoms with Crippen molar-refractivity contribution in [3.8, 4) is 5.69 Å². The smallest absolute Gasteiger partial charge is 0.284 e. The number of hydrogen-bond donors (Lipinski definition) is 1. The van der Waals surface area contributed by atoms with Crippen molar-refractivity contribution in [2.24, 2.45) is 0 Å². The van der Waals surface area contributed by atoms with Crippen molar-refractivity contribution in [3.63, 3.8) is 0 Å². The lowest BCUT2D eigenvalue weighted by Gasteiger charge is -2.14. The fourth-order valence-corrected chi connectivity index (χ4v) is 3.48. The Morgan fingerprint density at radius 2 is 1.97 bits per heavy atom. The highest BCUT2D eigenvalue weighted by Gasteiger charge is 2.20. The Hall–Kier alpha value is -3.86. The molecule has 0 radical (unpaired) electrons. The molecule has 2 N–H and O–H groups in total. The molecule has 0 spiro atoms. The molecule has 0 aliphatic heterocycles. The predicted octanol–water partition coefficient (Wildman–Crippen LogP) is 2.19. The zero-order valence-electron chi connectivity index (χ0n) is 15.0. The standard InChI is InChI=1S/C18H11ClF2N8O/c19-10-3-4-28-15(10)18(30)29(12-2-1-9(20)5-11(12)21)13(26-28)6-27-8-25-14-16(22)23-7-24-17(14)27/h1-5,7-8H,6H2,(H2,22,23,24). The van der Waals surface area contributed by atoms with Crippen molar-refractivity contribution in [3.05, 3.63) is 76.0 Å². The summed E-state index contributed by atoms with van der Waals surface area (Å²) >= 11 is 6.12. The molecule has 1 aromatic carbocycles. The van der Waals surface area contributed by atoms with E-state index in [-0.39, 0.29) is 34.4 Å². The summed E-state index contributed by atoms with van der Waals surface area (Å²) in [5.74, 6) is -1.36. The number of nitrogen functional groups attached to an aromatic ring is 1. The van der Waals surface area contributed by atoms with Gasteiger partial charge in [-0.2, -0.15) is 5.10 Å². The fraction of sp³-hybridized carbons (Fsp3) is 0.0556. The predicted molar refractivity (Wildman–Crippen MR) is 105 cm³/mol. The van der Waals surface area contributed by atoms with Gasteiger partial charge in [-0.15, -0.1) is 0 Å². The molecule has 0 aliphatic carbocycles. The van der Waals surface area contributed by atoms with Gasteiger partial charge in [0.25, 0.3) is 5.56 Å². The van der Waals surface area contributed by atoms with Gasteiger partial charge < -0.3 is 10.3 Å². The van der Waals surface area contributed by atoms with Crippen LogP contribution >= 0.6 is 11.6 Å². The summed E-state index contributed by atoms with van der Waals surface area (Å²) < 4.78 is 32.0. The molecule has 12 heteroatoms. The Balaban J connectivity index is 1.78. The molecular weight excluding hydrogens is 418 g/mol. The zero-order valence-corrected chi connectivity index (χ0v) is 15.8. The molecule has 9 nitrogen and oxygen atoms in total. The highest BCUT2D eigenvalue weighted by Crippen LogP contribution is 2.20. The molecule has 30 heavy (non-hydrogen) atoms. The number of benzene rings is 1. The van der Waals surface area contributed by atoms with Crippen molar-refractivity contribution in [2.75, 3.05) is 5.73 Å². The van der Waals surface area contributed by atoms with E-state index in [1.807, 2.05) is 0 Å². The molecule has 0 fully saturated rings. The summed E-state index contributed by atoms with van der Waals surface area (Å²) in [4.78, 5) is 25.4. The van der Waals surface area contributed by atoms with Crippen LogP contribution in [0.5, 0.6) is 0 Å². The second-order valence-corrected chi connectivity index (χ2v) is 6.82. The molecule has 5 rings (SSSR count).